The Balaban J connectivity index is 2.02. The SMILES string of the molecule is CCC(NC(=O)Cc1ccc(OC)c(C)c1)c1ccc(OC)cc1. The molecular formula is C20H25NO3. The third-order valence-corrected chi connectivity index (χ3v) is 4.09. The van der Waals surface area contributed by atoms with Crippen molar-refractivity contribution in [1.29, 1.82) is 0 Å². The molecule has 0 spiro atoms. The van der Waals surface area contributed by atoms with Gasteiger partial charge in [-0.25, -0.2) is 0 Å². The highest BCUT2D eigenvalue weighted by Crippen LogP contribution is 2.21. The third kappa shape index (κ3) is 4.51. The fourth-order valence-electron chi connectivity index (χ4n) is 2.74. The first kappa shape index (κ1) is 17.9. The van der Waals surface area contributed by atoms with E-state index < -0.39 is 0 Å². The Morgan fingerprint density at radius 3 is 2.33 bits per heavy atom. The Hall–Kier alpha value is -2.49. The molecule has 2 aromatic rings. The number of amides is 1. The molecule has 0 fully saturated rings. The van der Waals surface area contributed by atoms with Crippen molar-refractivity contribution in [3.8, 4) is 11.5 Å². The number of carbonyl (C=O) groups excluding carboxylic acids is 1. The van der Waals surface area contributed by atoms with Crippen LogP contribution in [0, 0.1) is 6.92 Å². The van der Waals surface area contributed by atoms with Crippen molar-refractivity contribution in [1.82, 2.24) is 5.32 Å². The predicted molar refractivity (Wildman–Crippen MR) is 95.6 cm³/mol. The number of aryl methyl sites for hydroxylation is 1. The van der Waals surface area contributed by atoms with Crippen molar-refractivity contribution in [3.05, 3.63) is 59.2 Å². The molecule has 4 nitrogen and oxygen atoms in total. The summed E-state index contributed by atoms with van der Waals surface area (Å²) in [6.45, 7) is 4.04. The van der Waals surface area contributed by atoms with Crippen molar-refractivity contribution in [3.63, 3.8) is 0 Å². The van der Waals surface area contributed by atoms with Crippen molar-refractivity contribution in [2.24, 2.45) is 0 Å². The molecule has 0 bridgehead atoms. The third-order valence-electron chi connectivity index (χ3n) is 4.09. The first-order chi connectivity index (χ1) is 11.6. The molecule has 0 aliphatic carbocycles. The molecule has 128 valence electrons. The van der Waals surface area contributed by atoms with Gasteiger partial charge in [-0.05, 0) is 48.2 Å². The highest BCUT2D eigenvalue weighted by molar-refractivity contribution is 5.79. The molecule has 4 heteroatoms. The van der Waals surface area contributed by atoms with Crippen molar-refractivity contribution in [2.75, 3.05) is 14.2 Å². The van der Waals surface area contributed by atoms with E-state index in [0.717, 1.165) is 34.6 Å². The number of methoxy groups -OCH3 is 2. The van der Waals surface area contributed by atoms with Gasteiger partial charge < -0.3 is 14.8 Å². The number of rotatable bonds is 7. The van der Waals surface area contributed by atoms with Crippen molar-refractivity contribution < 1.29 is 14.3 Å². The van der Waals surface area contributed by atoms with E-state index in [9.17, 15) is 4.79 Å². The van der Waals surface area contributed by atoms with Crippen LogP contribution in [0.2, 0.25) is 0 Å². The Labute approximate surface area is 143 Å². The molecule has 0 heterocycles. The zero-order chi connectivity index (χ0) is 17.5. The van der Waals surface area contributed by atoms with Gasteiger partial charge in [0.2, 0.25) is 5.91 Å². The molecule has 0 saturated heterocycles. The van der Waals surface area contributed by atoms with Crippen LogP contribution in [0.4, 0.5) is 0 Å². The van der Waals surface area contributed by atoms with Crippen LogP contribution in [0.25, 0.3) is 0 Å². The second-order valence-electron chi connectivity index (χ2n) is 5.78. The molecule has 1 unspecified atom stereocenters. The quantitative estimate of drug-likeness (QED) is 0.841. The summed E-state index contributed by atoms with van der Waals surface area (Å²) in [5, 5.41) is 3.11. The van der Waals surface area contributed by atoms with E-state index in [-0.39, 0.29) is 11.9 Å². The van der Waals surface area contributed by atoms with Gasteiger partial charge in [0.15, 0.2) is 0 Å². The fraction of sp³-hybridized carbons (Fsp3) is 0.350. The number of hydrogen-bond donors (Lipinski definition) is 1. The average Bonchev–Trinajstić information content (AvgIpc) is 2.60. The lowest BCUT2D eigenvalue weighted by molar-refractivity contribution is -0.121. The fourth-order valence-corrected chi connectivity index (χ4v) is 2.74. The smallest absolute Gasteiger partial charge is 0.224 e. The molecule has 0 saturated carbocycles. The molecule has 0 aliphatic rings. The van der Waals surface area contributed by atoms with Crippen molar-refractivity contribution >= 4 is 5.91 Å². The molecule has 2 aromatic carbocycles. The summed E-state index contributed by atoms with van der Waals surface area (Å²) in [5.74, 6) is 1.67. The molecule has 1 N–H and O–H groups in total. The number of nitrogens with one attached hydrogen (secondary N) is 1. The summed E-state index contributed by atoms with van der Waals surface area (Å²) in [4.78, 5) is 12.4. The minimum absolute atomic E-state index is 0.00255. The number of benzene rings is 2. The second kappa shape index (κ2) is 8.39. The predicted octanol–water partition coefficient (Wildman–Crippen LogP) is 3.82. The van der Waals surface area contributed by atoms with E-state index >= 15 is 0 Å². The summed E-state index contributed by atoms with van der Waals surface area (Å²) in [6, 6.07) is 13.6. The van der Waals surface area contributed by atoms with E-state index in [1.54, 1.807) is 14.2 Å². The monoisotopic (exact) mass is 327 g/mol. The normalized spacial score (nSPS) is 11.7. The van der Waals surface area contributed by atoms with Gasteiger partial charge >= 0.3 is 0 Å². The van der Waals surface area contributed by atoms with Gasteiger partial charge in [-0.2, -0.15) is 0 Å². The lowest BCUT2D eigenvalue weighted by Gasteiger charge is -2.18. The van der Waals surface area contributed by atoms with Crippen LogP contribution < -0.4 is 14.8 Å². The topological polar surface area (TPSA) is 47.6 Å². The summed E-state index contributed by atoms with van der Waals surface area (Å²) >= 11 is 0. The van der Waals surface area contributed by atoms with E-state index in [0.29, 0.717) is 6.42 Å². The average molecular weight is 327 g/mol. The van der Waals surface area contributed by atoms with Crippen LogP contribution in [0.1, 0.15) is 36.1 Å². The van der Waals surface area contributed by atoms with Gasteiger partial charge in [0, 0.05) is 0 Å². The Morgan fingerprint density at radius 1 is 1.08 bits per heavy atom. The van der Waals surface area contributed by atoms with Crippen LogP contribution in [-0.2, 0) is 11.2 Å². The maximum absolute atomic E-state index is 12.4. The number of carbonyl (C=O) groups is 1. The zero-order valence-electron chi connectivity index (χ0n) is 14.8. The van der Waals surface area contributed by atoms with Crippen LogP contribution in [0.15, 0.2) is 42.5 Å². The molecule has 1 atom stereocenters. The lowest BCUT2D eigenvalue weighted by Crippen LogP contribution is -2.29. The van der Waals surface area contributed by atoms with Gasteiger partial charge in [-0.15, -0.1) is 0 Å². The molecule has 0 aliphatic heterocycles. The minimum atomic E-state index is 0.00255. The van der Waals surface area contributed by atoms with E-state index in [1.165, 1.54) is 0 Å². The van der Waals surface area contributed by atoms with Gasteiger partial charge in [0.05, 0.1) is 26.7 Å². The standard InChI is InChI=1S/C20H25NO3/c1-5-18(16-7-9-17(23-3)10-8-16)21-20(22)13-15-6-11-19(24-4)14(2)12-15/h6-12,18H,5,13H2,1-4H3,(H,21,22). The molecule has 0 radical (unpaired) electrons. The van der Waals surface area contributed by atoms with Crippen LogP contribution in [0.3, 0.4) is 0 Å². The largest absolute Gasteiger partial charge is 0.497 e. The minimum Gasteiger partial charge on any atom is -0.497 e. The Kier molecular flexibility index (Phi) is 6.24. The van der Waals surface area contributed by atoms with Gasteiger partial charge in [-0.1, -0.05) is 31.2 Å². The van der Waals surface area contributed by atoms with Gasteiger partial charge in [0.1, 0.15) is 11.5 Å². The van der Waals surface area contributed by atoms with Crippen LogP contribution in [-0.4, -0.2) is 20.1 Å². The van der Waals surface area contributed by atoms with E-state index in [4.69, 9.17) is 9.47 Å². The molecular weight excluding hydrogens is 302 g/mol. The van der Waals surface area contributed by atoms with Crippen molar-refractivity contribution in [2.45, 2.75) is 32.7 Å². The Morgan fingerprint density at radius 2 is 1.79 bits per heavy atom. The molecule has 1 amide bonds. The zero-order valence-corrected chi connectivity index (χ0v) is 14.8. The van der Waals surface area contributed by atoms with E-state index in [1.807, 2.05) is 49.4 Å². The maximum atomic E-state index is 12.4. The van der Waals surface area contributed by atoms with Gasteiger partial charge in [0.25, 0.3) is 0 Å². The highest BCUT2D eigenvalue weighted by atomic mass is 16.5. The second-order valence-corrected chi connectivity index (χ2v) is 5.78. The lowest BCUT2D eigenvalue weighted by atomic mass is 10.0. The molecule has 24 heavy (non-hydrogen) atoms. The summed E-state index contributed by atoms with van der Waals surface area (Å²) < 4.78 is 10.4. The van der Waals surface area contributed by atoms with Gasteiger partial charge in [-0.3, -0.25) is 4.79 Å². The maximum Gasteiger partial charge on any atom is 0.224 e. The first-order valence-corrected chi connectivity index (χ1v) is 8.14. The summed E-state index contributed by atoms with van der Waals surface area (Å²) in [6.07, 6.45) is 1.19. The number of ether oxygens (including phenoxy) is 2. The summed E-state index contributed by atoms with van der Waals surface area (Å²) in [5.41, 5.74) is 3.10. The van der Waals surface area contributed by atoms with Crippen LogP contribution in [0.5, 0.6) is 11.5 Å². The summed E-state index contributed by atoms with van der Waals surface area (Å²) in [7, 11) is 3.29. The number of hydrogen-bond acceptors (Lipinski definition) is 3. The van der Waals surface area contributed by atoms with E-state index in [2.05, 4.69) is 12.2 Å². The first-order valence-electron chi connectivity index (χ1n) is 8.14. The Bertz CT molecular complexity index is 680. The van der Waals surface area contributed by atoms with Crippen LogP contribution >= 0.6 is 0 Å². The molecule has 0 aromatic heterocycles. The highest BCUT2D eigenvalue weighted by Gasteiger charge is 2.13. The molecule has 2 rings (SSSR count).